The summed E-state index contributed by atoms with van der Waals surface area (Å²) in [5.41, 5.74) is 0.340. The molecule has 0 radical (unpaired) electrons. The molecule has 204 valence electrons. The van der Waals surface area contributed by atoms with Gasteiger partial charge in [0.15, 0.2) is 0 Å². The van der Waals surface area contributed by atoms with Crippen LogP contribution >= 0.6 is 0 Å². The van der Waals surface area contributed by atoms with Crippen molar-refractivity contribution in [2.75, 3.05) is 26.2 Å². The second-order valence-corrected chi connectivity index (χ2v) is 15.8. The van der Waals surface area contributed by atoms with Crippen molar-refractivity contribution >= 4 is 5.91 Å². The third kappa shape index (κ3) is 5.77. The van der Waals surface area contributed by atoms with E-state index in [9.17, 15) is 9.90 Å². The maximum Gasteiger partial charge on any atom is 0.228 e. The van der Waals surface area contributed by atoms with Crippen LogP contribution in [0.5, 0.6) is 0 Å². The highest BCUT2D eigenvalue weighted by Gasteiger charge is 2.67. The predicted octanol–water partition coefficient (Wildman–Crippen LogP) is 5.66. The number of hydrogen-bond acceptors (Lipinski definition) is 4. The van der Waals surface area contributed by atoms with E-state index in [1.165, 1.54) is 25.9 Å². The molecule has 2 saturated heterocycles. The number of nitrogens with one attached hydrogen (secondary N) is 1. The highest BCUT2D eigenvalue weighted by atomic mass is 16.3. The lowest BCUT2D eigenvalue weighted by molar-refractivity contribution is -0.146. The number of aliphatic hydroxyl groups is 1. The normalized spacial score (nSPS) is 32.8. The Balaban J connectivity index is 1.59. The number of aliphatic hydroxyl groups excluding tert-OH is 1. The summed E-state index contributed by atoms with van der Waals surface area (Å²) in [6, 6.07) is 0. The van der Waals surface area contributed by atoms with Gasteiger partial charge in [-0.1, -0.05) is 48.5 Å². The van der Waals surface area contributed by atoms with Crippen molar-refractivity contribution in [2.45, 2.75) is 132 Å². The van der Waals surface area contributed by atoms with Crippen LogP contribution in [-0.2, 0) is 4.79 Å². The summed E-state index contributed by atoms with van der Waals surface area (Å²) in [4.78, 5) is 18.1. The maximum atomic E-state index is 13.8. The van der Waals surface area contributed by atoms with Crippen LogP contribution in [-0.4, -0.2) is 64.3 Å². The Morgan fingerprint density at radius 2 is 1.60 bits per heavy atom. The average molecular weight is 492 g/mol. The first-order valence-electron chi connectivity index (χ1n) is 14.2. The maximum absolute atomic E-state index is 13.8. The topological polar surface area (TPSA) is 55.8 Å². The Morgan fingerprint density at radius 1 is 1.00 bits per heavy atom. The van der Waals surface area contributed by atoms with Crippen LogP contribution in [0, 0.1) is 27.6 Å². The summed E-state index contributed by atoms with van der Waals surface area (Å²) in [5, 5.41) is 14.8. The molecule has 0 aromatic rings. The third-order valence-corrected chi connectivity index (χ3v) is 10.7. The number of carbonyl (C=O) groups is 1. The average Bonchev–Trinajstić information content (AvgIpc) is 3.02. The molecule has 3 aliphatic rings. The lowest BCUT2D eigenvalue weighted by Gasteiger charge is -2.41. The number of hydrogen-bond donors (Lipinski definition) is 2. The fourth-order valence-corrected chi connectivity index (χ4v) is 7.34. The van der Waals surface area contributed by atoms with E-state index >= 15 is 0 Å². The molecule has 35 heavy (non-hydrogen) atoms. The van der Waals surface area contributed by atoms with Crippen LogP contribution in [0.4, 0.5) is 0 Å². The van der Waals surface area contributed by atoms with E-state index in [1.54, 1.807) is 0 Å². The van der Waals surface area contributed by atoms with Gasteiger partial charge < -0.3 is 20.2 Å². The monoisotopic (exact) mass is 491 g/mol. The number of nitrogens with zero attached hydrogens (tertiary/aromatic N) is 2. The van der Waals surface area contributed by atoms with E-state index in [4.69, 9.17) is 0 Å². The van der Waals surface area contributed by atoms with Gasteiger partial charge in [0.2, 0.25) is 5.91 Å². The Hall–Kier alpha value is -0.650. The van der Waals surface area contributed by atoms with Crippen LogP contribution in [0.25, 0.3) is 0 Å². The van der Waals surface area contributed by atoms with E-state index in [1.807, 2.05) is 4.90 Å². The fraction of sp³-hybridized carbons (Fsp3) is 0.967. The van der Waals surface area contributed by atoms with Gasteiger partial charge in [0.05, 0.1) is 0 Å². The van der Waals surface area contributed by atoms with E-state index < -0.39 is 6.23 Å². The summed E-state index contributed by atoms with van der Waals surface area (Å²) in [6.45, 7) is 29.7. The third-order valence-electron chi connectivity index (χ3n) is 10.7. The highest BCUT2D eigenvalue weighted by molar-refractivity contribution is 5.82. The number of carbonyl (C=O) groups excluding carboxylic acids is 1. The van der Waals surface area contributed by atoms with Crippen molar-refractivity contribution in [3.63, 3.8) is 0 Å². The van der Waals surface area contributed by atoms with Gasteiger partial charge in [-0.25, -0.2) is 0 Å². The molecule has 5 heteroatoms. The molecule has 2 N–H and O–H groups in total. The van der Waals surface area contributed by atoms with Crippen LogP contribution in [0.1, 0.15) is 115 Å². The van der Waals surface area contributed by atoms with Crippen molar-refractivity contribution in [3.05, 3.63) is 0 Å². The summed E-state index contributed by atoms with van der Waals surface area (Å²) in [7, 11) is 0. The summed E-state index contributed by atoms with van der Waals surface area (Å²) in [6.07, 6.45) is 5.38. The zero-order valence-corrected chi connectivity index (χ0v) is 25.0. The van der Waals surface area contributed by atoms with Crippen molar-refractivity contribution in [1.82, 2.24) is 15.1 Å². The van der Waals surface area contributed by atoms with Gasteiger partial charge in [-0.3, -0.25) is 4.79 Å². The van der Waals surface area contributed by atoms with Gasteiger partial charge >= 0.3 is 0 Å². The molecule has 4 unspecified atom stereocenters. The number of amides is 1. The molecular formula is C30H57N3O2. The molecule has 0 bridgehead atoms. The first-order chi connectivity index (χ1) is 15.7. The van der Waals surface area contributed by atoms with Crippen molar-refractivity contribution < 1.29 is 9.90 Å². The minimum atomic E-state index is -0.692. The molecule has 1 amide bonds. The molecule has 1 saturated carbocycles. The van der Waals surface area contributed by atoms with Gasteiger partial charge in [-0.2, -0.15) is 0 Å². The highest BCUT2D eigenvalue weighted by Crippen LogP contribution is 2.75. The van der Waals surface area contributed by atoms with Crippen molar-refractivity contribution in [3.8, 4) is 0 Å². The number of likely N-dealkylation sites (tertiary alicyclic amines) is 2. The standard InChI is InChI=1S/C30H57N3O2/c1-25(2,3)30(11)21-29(30,10)20-26(4,5)22-19-23(34)33(24(22)35)28(8,9)13-15-31-27(6,7)14-18-32-16-12-17-32/h22-23,31,34H,12-21H2,1-11H3. The van der Waals surface area contributed by atoms with Crippen molar-refractivity contribution in [1.29, 1.82) is 0 Å². The first-order valence-corrected chi connectivity index (χ1v) is 14.2. The van der Waals surface area contributed by atoms with Gasteiger partial charge in [0.1, 0.15) is 6.23 Å². The van der Waals surface area contributed by atoms with E-state index in [0.29, 0.717) is 11.8 Å². The summed E-state index contributed by atoms with van der Waals surface area (Å²) < 4.78 is 0. The Bertz CT molecular complexity index is 779. The second kappa shape index (κ2) is 9.27. The van der Waals surface area contributed by atoms with E-state index in [0.717, 1.165) is 32.4 Å². The van der Waals surface area contributed by atoms with Crippen LogP contribution in [0.2, 0.25) is 0 Å². The summed E-state index contributed by atoms with van der Waals surface area (Å²) >= 11 is 0. The molecule has 4 atom stereocenters. The van der Waals surface area contributed by atoms with Gasteiger partial charge in [0.25, 0.3) is 0 Å². The molecule has 3 fully saturated rings. The zero-order chi connectivity index (χ0) is 26.7. The van der Waals surface area contributed by atoms with Crippen LogP contribution in [0.15, 0.2) is 0 Å². The largest absolute Gasteiger partial charge is 0.373 e. The predicted molar refractivity (Wildman–Crippen MR) is 146 cm³/mol. The first kappa shape index (κ1) is 28.9. The van der Waals surface area contributed by atoms with Gasteiger partial charge in [-0.15, -0.1) is 0 Å². The SMILES string of the molecule is CC(C)(CCN1CCC1)NCCC(C)(C)N1C(=O)C(C(C)(C)CC2(C)CC2(C)C(C)(C)C)CC1O. The zero-order valence-electron chi connectivity index (χ0n) is 25.0. The molecule has 2 aliphatic heterocycles. The fourth-order valence-electron chi connectivity index (χ4n) is 7.34. The Morgan fingerprint density at radius 3 is 2.09 bits per heavy atom. The van der Waals surface area contributed by atoms with Crippen LogP contribution in [0.3, 0.4) is 0 Å². The molecule has 0 aromatic carbocycles. The lowest BCUT2D eigenvalue weighted by atomic mass is 9.66. The second-order valence-electron chi connectivity index (χ2n) is 15.8. The molecule has 3 rings (SSSR count). The van der Waals surface area contributed by atoms with E-state index in [-0.39, 0.29) is 39.1 Å². The molecule has 1 aliphatic carbocycles. The number of rotatable bonds is 11. The molecule has 0 spiro atoms. The smallest absolute Gasteiger partial charge is 0.228 e. The Labute approximate surface area is 216 Å². The molecular weight excluding hydrogens is 434 g/mol. The van der Waals surface area contributed by atoms with Crippen molar-refractivity contribution in [2.24, 2.45) is 27.6 Å². The molecule has 0 aromatic heterocycles. The summed E-state index contributed by atoms with van der Waals surface area (Å²) in [5.74, 6) is 0.0191. The quantitative estimate of drug-likeness (QED) is 0.391. The Kier molecular flexibility index (Phi) is 7.66. The minimum absolute atomic E-state index is 0.0727. The van der Waals surface area contributed by atoms with Gasteiger partial charge in [-0.05, 0) is 108 Å². The molecule has 5 nitrogen and oxygen atoms in total. The van der Waals surface area contributed by atoms with E-state index in [2.05, 4.69) is 86.4 Å². The minimum Gasteiger partial charge on any atom is -0.373 e. The van der Waals surface area contributed by atoms with Crippen LogP contribution < -0.4 is 5.32 Å². The van der Waals surface area contributed by atoms with Gasteiger partial charge in [0, 0.05) is 23.4 Å². The lowest BCUT2D eigenvalue weighted by Crippen LogP contribution is -2.53. The molecule has 2 heterocycles.